The molecule has 0 spiro atoms. The monoisotopic (exact) mass is 189 g/mol. The zero-order valence-corrected chi connectivity index (χ0v) is 7.97. The molecule has 2 aliphatic carbocycles. The van der Waals surface area contributed by atoms with Crippen LogP contribution in [-0.2, 0) is 0 Å². The fourth-order valence-corrected chi connectivity index (χ4v) is 2.36. The van der Waals surface area contributed by atoms with Crippen molar-refractivity contribution in [3.63, 3.8) is 0 Å². The second-order valence-electron chi connectivity index (χ2n) is 4.90. The van der Waals surface area contributed by atoms with Gasteiger partial charge in [0.15, 0.2) is 0 Å². The van der Waals surface area contributed by atoms with E-state index in [0.717, 1.165) is 18.8 Å². The first-order valence-corrected chi connectivity index (χ1v) is 5.12. The highest BCUT2D eigenvalue weighted by Crippen LogP contribution is 2.52. The quantitative estimate of drug-likeness (QED) is 0.724. The lowest BCUT2D eigenvalue weighted by molar-refractivity contribution is 0.0878. The summed E-state index contributed by atoms with van der Waals surface area (Å²) in [5.41, 5.74) is 5.87. The first-order chi connectivity index (χ1) is 5.99. The molecule has 76 valence electrons. The summed E-state index contributed by atoms with van der Waals surface area (Å²) < 4.78 is 25.1. The number of rotatable bonds is 3. The van der Waals surface area contributed by atoms with Gasteiger partial charge in [-0.2, -0.15) is 0 Å². The third-order valence-electron chi connectivity index (χ3n) is 3.53. The van der Waals surface area contributed by atoms with Gasteiger partial charge < -0.3 is 5.73 Å². The number of nitrogens with two attached hydrogens (primary N) is 1. The third kappa shape index (κ3) is 1.85. The number of hydrogen-bond donors (Lipinski definition) is 1. The van der Waals surface area contributed by atoms with Crippen molar-refractivity contribution in [3.05, 3.63) is 0 Å². The molecule has 0 aromatic rings. The number of halogens is 2. The molecule has 2 fully saturated rings. The number of alkyl halides is 2. The van der Waals surface area contributed by atoms with Gasteiger partial charge in [0.2, 0.25) is 0 Å². The Kier molecular flexibility index (Phi) is 2.10. The molecule has 0 bridgehead atoms. The van der Waals surface area contributed by atoms with Crippen LogP contribution in [0.1, 0.15) is 32.6 Å². The van der Waals surface area contributed by atoms with E-state index >= 15 is 0 Å². The van der Waals surface area contributed by atoms with Crippen LogP contribution in [0.4, 0.5) is 8.78 Å². The van der Waals surface area contributed by atoms with E-state index in [1.165, 1.54) is 0 Å². The van der Waals surface area contributed by atoms with Crippen LogP contribution in [0.3, 0.4) is 0 Å². The van der Waals surface area contributed by atoms with E-state index in [-0.39, 0.29) is 12.5 Å². The Morgan fingerprint density at radius 3 is 2.38 bits per heavy atom. The maximum atomic E-state index is 12.6. The molecule has 1 nitrogen and oxygen atoms in total. The summed E-state index contributed by atoms with van der Waals surface area (Å²) >= 11 is 0. The van der Waals surface area contributed by atoms with E-state index in [4.69, 9.17) is 5.73 Å². The van der Waals surface area contributed by atoms with Crippen LogP contribution < -0.4 is 5.73 Å². The molecule has 2 aliphatic rings. The van der Waals surface area contributed by atoms with Gasteiger partial charge in [-0.1, -0.05) is 6.92 Å². The standard InChI is InChI=1S/C10H17F2N/c1-6-2-7(3-6)9(13)4-8-5-10(8,11)12/h6-9H,2-5,13H2,1H3. The fourth-order valence-electron chi connectivity index (χ4n) is 2.36. The van der Waals surface area contributed by atoms with Gasteiger partial charge in [-0.05, 0) is 31.1 Å². The Hall–Kier alpha value is -0.180. The Balaban J connectivity index is 1.71. The predicted octanol–water partition coefficient (Wildman–Crippen LogP) is 2.41. The molecule has 0 amide bonds. The molecular weight excluding hydrogens is 172 g/mol. The summed E-state index contributed by atoms with van der Waals surface area (Å²) in [6, 6.07) is 0.0228. The first kappa shape index (κ1) is 9.38. The Bertz CT molecular complexity index is 199. The van der Waals surface area contributed by atoms with E-state index in [2.05, 4.69) is 6.92 Å². The molecule has 0 aromatic carbocycles. The largest absolute Gasteiger partial charge is 0.327 e. The SMILES string of the molecule is CC1CC(C(N)CC2CC2(F)F)C1. The van der Waals surface area contributed by atoms with E-state index in [1.54, 1.807) is 0 Å². The highest BCUT2D eigenvalue weighted by molar-refractivity contribution is 4.98. The molecule has 2 unspecified atom stereocenters. The molecular formula is C10H17F2N. The van der Waals surface area contributed by atoms with Crippen molar-refractivity contribution in [3.8, 4) is 0 Å². The summed E-state index contributed by atoms with van der Waals surface area (Å²) in [6.07, 6.45) is 2.88. The third-order valence-corrected chi connectivity index (χ3v) is 3.53. The molecule has 13 heavy (non-hydrogen) atoms. The van der Waals surface area contributed by atoms with Crippen LogP contribution in [0.25, 0.3) is 0 Å². The van der Waals surface area contributed by atoms with E-state index < -0.39 is 11.8 Å². The normalized spacial score (nSPS) is 43.8. The topological polar surface area (TPSA) is 26.0 Å². The Morgan fingerprint density at radius 1 is 1.46 bits per heavy atom. The Labute approximate surface area is 77.7 Å². The van der Waals surface area contributed by atoms with Crippen molar-refractivity contribution in [2.24, 2.45) is 23.5 Å². The smallest absolute Gasteiger partial charge is 0.251 e. The van der Waals surface area contributed by atoms with Crippen LogP contribution in [0.15, 0.2) is 0 Å². The average molecular weight is 189 g/mol. The first-order valence-electron chi connectivity index (χ1n) is 5.12. The van der Waals surface area contributed by atoms with Gasteiger partial charge >= 0.3 is 0 Å². The van der Waals surface area contributed by atoms with Crippen molar-refractivity contribution in [2.45, 2.75) is 44.6 Å². The van der Waals surface area contributed by atoms with Crippen molar-refractivity contribution >= 4 is 0 Å². The van der Waals surface area contributed by atoms with E-state index in [9.17, 15) is 8.78 Å². The van der Waals surface area contributed by atoms with E-state index in [0.29, 0.717) is 12.3 Å². The summed E-state index contributed by atoms with van der Waals surface area (Å²) in [4.78, 5) is 0. The zero-order chi connectivity index (χ0) is 9.64. The van der Waals surface area contributed by atoms with Gasteiger partial charge in [0, 0.05) is 18.4 Å². The molecule has 0 saturated heterocycles. The highest BCUT2D eigenvalue weighted by Gasteiger charge is 2.57. The molecule has 2 rings (SSSR count). The summed E-state index contributed by atoms with van der Waals surface area (Å²) in [5, 5.41) is 0. The lowest BCUT2D eigenvalue weighted by Crippen LogP contribution is -2.38. The molecule has 0 radical (unpaired) electrons. The molecule has 2 N–H and O–H groups in total. The number of hydrogen-bond acceptors (Lipinski definition) is 1. The Morgan fingerprint density at radius 2 is 2.00 bits per heavy atom. The van der Waals surface area contributed by atoms with Gasteiger partial charge in [0.05, 0.1) is 0 Å². The minimum atomic E-state index is -2.38. The van der Waals surface area contributed by atoms with Gasteiger partial charge in [0.25, 0.3) is 5.92 Å². The van der Waals surface area contributed by atoms with E-state index in [1.807, 2.05) is 0 Å². The van der Waals surface area contributed by atoms with Crippen LogP contribution in [0, 0.1) is 17.8 Å². The molecule has 0 heterocycles. The average Bonchev–Trinajstić information content (AvgIpc) is 2.52. The zero-order valence-electron chi connectivity index (χ0n) is 7.97. The lowest BCUT2D eigenvalue weighted by atomic mass is 9.71. The maximum Gasteiger partial charge on any atom is 0.251 e. The summed E-state index contributed by atoms with van der Waals surface area (Å²) in [5.74, 6) is -1.51. The van der Waals surface area contributed by atoms with Crippen LogP contribution in [0.5, 0.6) is 0 Å². The molecule has 3 heteroatoms. The maximum absolute atomic E-state index is 12.6. The molecule has 2 saturated carbocycles. The lowest BCUT2D eigenvalue weighted by Gasteiger charge is -2.37. The van der Waals surface area contributed by atoms with Crippen molar-refractivity contribution < 1.29 is 8.78 Å². The molecule has 0 aromatic heterocycles. The minimum Gasteiger partial charge on any atom is -0.327 e. The predicted molar refractivity (Wildman–Crippen MR) is 47.5 cm³/mol. The minimum absolute atomic E-state index is 0.0228. The van der Waals surface area contributed by atoms with Crippen LogP contribution >= 0.6 is 0 Å². The van der Waals surface area contributed by atoms with Crippen LogP contribution in [0.2, 0.25) is 0 Å². The fraction of sp³-hybridized carbons (Fsp3) is 1.00. The molecule has 0 aliphatic heterocycles. The van der Waals surface area contributed by atoms with Gasteiger partial charge in [-0.25, -0.2) is 8.78 Å². The summed E-state index contributed by atoms with van der Waals surface area (Å²) in [6.45, 7) is 2.19. The molecule has 2 atom stereocenters. The van der Waals surface area contributed by atoms with Crippen molar-refractivity contribution in [1.29, 1.82) is 0 Å². The highest BCUT2D eigenvalue weighted by atomic mass is 19.3. The van der Waals surface area contributed by atoms with Gasteiger partial charge in [0.1, 0.15) is 0 Å². The van der Waals surface area contributed by atoms with Gasteiger partial charge in [-0.3, -0.25) is 0 Å². The second-order valence-corrected chi connectivity index (χ2v) is 4.90. The van der Waals surface area contributed by atoms with Crippen LogP contribution in [-0.4, -0.2) is 12.0 Å². The summed E-state index contributed by atoms with van der Waals surface area (Å²) in [7, 11) is 0. The van der Waals surface area contributed by atoms with Gasteiger partial charge in [-0.15, -0.1) is 0 Å². The second kappa shape index (κ2) is 2.91. The van der Waals surface area contributed by atoms with Crippen molar-refractivity contribution in [2.75, 3.05) is 0 Å². The van der Waals surface area contributed by atoms with Crippen molar-refractivity contribution in [1.82, 2.24) is 0 Å².